The monoisotopic (exact) mass is 375 g/mol. The smallest absolute Gasteiger partial charge is 0.270 e. The maximum Gasteiger partial charge on any atom is 0.270 e. The third kappa shape index (κ3) is 3.23. The second-order valence-electron chi connectivity index (χ2n) is 5.95. The van der Waals surface area contributed by atoms with E-state index in [1.54, 1.807) is 26.4 Å². The van der Waals surface area contributed by atoms with Crippen LogP contribution in [0.1, 0.15) is 10.4 Å². The van der Waals surface area contributed by atoms with Crippen molar-refractivity contribution >= 4 is 16.8 Å². The van der Waals surface area contributed by atoms with E-state index in [1.165, 1.54) is 17.3 Å². The summed E-state index contributed by atoms with van der Waals surface area (Å²) in [4.78, 5) is 17.6. The third-order valence-corrected chi connectivity index (χ3v) is 4.29. The Bertz CT molecular complexity index is 1140. The first kappa shape index (κ1) is 17.5. The largest absolute Gasteiger partial charge is 0.497 e. The van der Waals surface area contributed by atoms with Gasteiger partial charge in [-0.25, -0.2) is 9.66 Å². The lowest BCUT2D eigenvalue weighted by atomic mass is 10.0. The van der Waals surface area contributed by atoms with Gasteiger partial charge in [-0.1, -0.05) is 18.2 Å². The third-order valence-electron chi connectivity index (χ3n) is 4.29. The number of nitrogens with one attached hydrogen (secondary N) is 1. The van der Waals surface area contributed by atoms with Crippen LogP contribution in [0.5, 0.6) is 11.5 Å². The number of para-hydroxylation sites is 1. The normalized spacial score (nSPS) is 10.6. The van der Waals surface area contributed by atoms with Gasteiger partial charge in [-0.15, -0.1) is 10.2 Å². The minimum atomic E-state index is -0.299. The van der Waals surface area contributed by atoms with Crippen LogP contribution in [0, 0.1) is 0 Å². The highest BCUT2D eigenvalue weighted by Crippen LogP contribution is 2.34. The number of nitrogens with zero attached hydrogens (tertiary/aromatic N) is 4. The molecule has 0 aliphatic rings. The zero-order valence-electron chi connectivity index (χ0n) is 15.3. The predicted octanol–water partition coefficient (Wildman–Crippen LogP) is 2.89. The minimum absolute atomic E-state index is 0.299. The molecule has 0 fully saturated rings. The summed E-state index contributed by atoms with van der Waals surface area (Å²) in [6, 6.07) is 14.7. The first-order valence-corrected chi connectivity index (χ1v) is 8.48. The summed E-state index contributed by atoms with van der Waals surface area (Å²) >= 11 is 0. The number of pyridine rings is 1. The molecule has 1 N–H and O–H groups in total. The van der Waals surface area contributed by atoms with E-state index in [-0.39, 0.29) is 5.91 Å². The van der Waals surface area contributed by atoms with E-state index in [2.05, 4.69) is 15.6 Å². The molecule has 0 atom stereocenters. The Hall–Kier alpha value is -3.94. The molecule has 0 saturated carbocycles. The summed E-state index contributed by atoms with van der Waals surface area (Å²) in [5.74, 6) is 0.978. The van der Waals surface area contributed by atoms with Crippen molar-refractivity contribution in [3.8, 4) is 22.8 Å². The van der Waals surface area contributed by atoms with Crippen LogP contribution in [0.2, 0.25) is 0 Å². The fraction of sp³-hybridized carbons (Fsp3) is 0.100. The molecule has 28 heavy (non-hydrogen) atoms. The van der Waals surface area contributed by atoms with Crippen molar-refractivity contribution in [2.24, 2.45) is 0 Å². The van der Waals surface area contributed by atoms with Gasteiger partial charge in [0.1, 0.15) is 24.2 Å². The number of amides is 1. The number of hydrogen-bond donors (Lipinski definition) is 1. The fourth-order valence-corrected chi connectivity index (χ4v) is 2.95. The fourth-order valence-electron chi connectivity index (χ4n) is 2.95. The molecular formula is C20H17N5O3. The summed E-state index contributed by atoms with van der Waals surface area (Å²) in [6.07, 6.45) is 2.82. The van der Waals surface area contributed by atoms with E-state index in [4.69, 9.17) is 14.5 Å². The van der Waals surface area contributed by atoms with Gasteiger partial charge in [0, 0.05) is 17.0 Å². The highest BCUT2D eigenvalue weighted by Gasteiger charge is 2.16. The quantitative estimate of drug-likeness (QED) is 0.577. The maximum atomic E-state index is 12.9. The van der Waals surface area contributed by atoms with Gasteiger partial charge in [0.05, 0.1) is 31.0 Å². The molecule has 1 amide bonds. The summed E-state index contributed by atoms with van der Waals surface area (Å²) < 4.78 is 12.2. The number of carbonyl (C=O) groups excluding carboxylic acids is 1. The topological polar surface area (TPSA) is 91.2 Å². The van der Waals surface area contributed by atoms with Crippen molar-refractivity contribution in [2.75, 3.05) is 19.6 Å². The van der Waals surface area contributed by atoms with Gasteiger partial charge in [0.25, 0.3) is 5.91 Å². The van der Waals surface area contributed by atoms with Crippen molar-refractivity contribution in [3.05, 3.63) is 66.7 Å². The minimum Gasteiger partial charge on any atom is -0.497 e. The van der Waals surface area contributed by atoms with Crippen LogP contribution in [0.4, 0.5) is 0 Å². The SMILES string of the molecule is COc1ccc(-c2cc(C(=O)Nn3cnnc3)c3ccccc3n2)c(OC)c1. The first-order valence-electron chi connectivity index (χ1n) is 8.48. The van der Waals surface area contributed by atoms with E-state index < -0.39 is 0 Å². The van der Waals surface area contributed by atoms with Gasteiger partial charge < -0.3 is 9.47 Å². The lowest BCUT2D eigenvalue weighted by Gasteiger charge is -2.13. The lowest BCUT2D eigenvalue weighted by molar-refractivity contribution is 0.101. The van der Waals surface area contributed by atoms with Crippen LogP contribution >= 0.6 is 0 Å². The second-order valence-corrected chi connectivity index (χ2v) is 5.95. The number of aromatic nitrogens is 4. The van der Waals surface area contributed by atoms with Crippen molar-refractivity contribution in [3.63, 3.8) is 0 Å². The average molecular weight is 375 g/mol. The first-order chi connectivity index (χ1) is 13.7. The molecule has 2 heterocycles. The molecule has 4 aromatic rings. The molecule has 0 unspecified atom stereocenters. The summed E-state index contributed by atoms with van der Waals surface area (Å²) in [5.41, 5.74) is 5.28. The van der Waals surface area contributed by atoms with Crippen molar-refractivity contribution in [2.45, 2.75) is 0 Å². The van der Waals surface area contributed by atoms with Crippen LogP contribution < -0.4 is 14.9 Å². The number of rotatable bonds is 5. The standard InChI is InChI=1S/C20H17N5O3/c1-27-13-7-8-15(19(9-13)28-2)18-10-16(14-5-3-4-6-17(14)23-18)20(26)24-25-11-21-22-12-25/h3-12H,1-2H3,(H,24,26). The molecule has 2 aromatic carbocycles. The predicted molar refractivity (Wildman–Crippen MR) is 104 cm³/mol. The maximum absolute atomic E-state index is 12.9. The molecular weight excluding hydrogens is 358 g/mol. The Labute approximate surface area is 160 Å². The van der Waals surface area contributed by atoms with Crippen LogP contribution in [-0.2, 0) is 0 Å². The Balaban J connectivity index is 1.86. The van der Waals surface area contributed by atoms with E-state index in [0.717, 1.165) is 10.9 Å². The second kappa shape index (κ2) is 7.36. The number of ether oxygens (including phenoxy) is 2. The van der Waals surface area contributed by atoms with Crippen molar-refractivity contribution in [1.82, 2.24) is 19.9 Å². The Morgan fingerprint density at radius 2 is 1.79 bits per heavy atom. The van der Waals surface area contributed by atoms with E-state index >= 15 is 0 Å². The number of hydrogen-bond acceptors (Lipinski definition) is 6. The molecule has 0 radical (unpaired) electrons. The van der Waals surface area contributed by atoms with Gasteiger partial charge in [-0.3, -0.25) is 10.2 Å². The average Bonchev–Trinajstić information content (AvgIpc) is 3.25. The van der Waals surface area contributed by atoms with Gasteiger partial charge in [-0.2, -0.15) is 0 Å². The molecule has 0 aliphatic carbocycles. The van der Waals surface area contributed by atoms with Crippen LogP contribution in [0.25, 0.3) is 22.2 Å². The number of benzene rings is 2. The molecule has 8 nitrogen and oxygen atoms in total. The highest BCUT2D eigenvalue weighted by molar-refractivity contribution is 6.10. The van der Waals surface area contributed by atoms with Crippen molar-refractivity contribution in [1.29, 1.82) is 0 Å². The summed E-state index contributed by atoms with van der Waals surface area (Å²) in [5, 5.41) is 8.13. The number of fused-ring (bicyclic) bond motifs is 1. The summed E-state index contributed by atoms with van der Waals surface area (Å²) in [7, 11) is 3.18. The molecule has 0 aliphatic heterocycles. The van der Waals surface area contributed by atoms with E-state index in [0.29, 0.717) is 28.3 Å². The molecule has 0 saturated heterocycles. The van der Waals surface area contributed by atoms with Gasteiger partial charge in [0.15, 0.2) is 0 Å². The molecule has 4 rings (SSSR count). The van der Waals surface area contributed by atoms with Gasteiger partial charge in [-0.05, 0) is 24.3 Å². The zero-order chi connectivity index (χ0) is 19.5. The zero-order valence-corrected chi connectivity index (χ0v) is 15.3. The van der Waals surface area contributed by atoms with Crippen LogP contribution in [0.15, 0.2) is 61.2 Å². The van der Waals surface area contributed by atoms with E-state index in [1.807, 2.05) is 36.4 Å². The van der Waals surface area contributed by atoms with E-state index in [9.17, 15) is 4.79 Å². The number of methoxy groups -OCH3 is 2. The van der Waals surface area contributed by atoms with Crippen LogP contribution in [-0.4, -0.2) is 40.0 Å². The molecule has 0 spiro atoms. The van der Waals surface area contributed by atoms with Gasteiger partial charge >= 0.3 is 0 Å². The highest BCUT2D eigenvalue weighted by atomic mass is 16.5. The molecule has 8 heteroatoms. The van der Waals surface area contributed by atoms with Crippen LogP contribution in [0.3, 0.4) is 0 Å². The lowest BCUT2D eigenvalue weighted by Crippen LogP contribution is -2.22. The molecule has 0 bridgehead atoms. The molecule has 2 aromatic heterocycles. The molecule has 140 valence electrons. The Kier molecular flexibility index (Phi) is 4.59. The summed E-state index contributed by atoms with van der Waals surface area (Å²) in [6.45, 7) is 0. The van der Waals surface area contributed by atoms with Crippen molar-refractivity contribution < 1.29 is 14.3 Å². The number of carbonyl (C=O) groups is 1. The van der Waals surface area contributed by atoms with Gasteiger partial charge in [0.2, 0.25) is 0 Å². The Morgan fingerprint density at radius 1 is 1.00 bits per heavy atom. The Morgan fingerprint density at radius 3 is 2.54 bits per heavy atom.